The third-order valence-electron chi connectivity index (χ3n) is 1.68. The van der Waals surface area contributed by atoms with Crippen LogP contribution in [-0.2, 0) is 0 Å². The van der Waals surface area contributed by atoms with Crippen LogP contribution in [0.4, 0.5) is 10.1 Å². The third kappa shape index (κ3) is 2.17. The number of hydrogen-bond acceptors (Lipinski definition) is 3. The molecule has 0 amide bonds. The first-order chi connectivity index (χ1) is 7.07. The number of carboxylic acid groups (broad SMARTS) is 1. The average molecular weight is 209 g/mol. The molecule has 15 heavy (non-hydrogen) atoms. The molecule has 0 fully saturated rings. The van der Waals surface area contributed by atoms with E-state index < -0.39 is 17.3 Å². The molecule has 0 aliphatic rings. The molecule has 0 unspecified atom stereocenters. The van der Waals surface area contributed by atoms with Crippen molar-refractivity contribution >= 4 is 11.7 Å². The maximum atomic E-state index is 13.0. The van der Waals surface area contributed by atoms with E-state index in [-0.39, 0.29) is 18.0 Å². The molecule has 1 rings (SSSR count). The summed E-state index contributed by atoms with van der Waals surface area (Å²) >= 11 is 0. The van der Waals surface area contributed by atoms with Gasteiger partial charge in [-0.25, -0.2) is 9.18 Å². The van der Waals surface area contributed by atoms with Crippen LogP contribution >= 0.6 is 0 Å². The highest BCUT2D eigenvalue weighted by atomic mass is 19.1. The molecule has 1 aromatic carbocycles. The fraction of sp³-hybridized carbons (Fsp3) is 0.100. The number of ether oxygens (including phenoxy) is 1. The molecule has 0 heterocycles. The standard InChI is InChI=1S/C10H8FNO3/c1-2-5-15-7-4-3-6(11)8(9(7)12)10(13)14/h1,3-4H,5,12H2,(H,13,14). The Morgan fingerprint density at radius 1 is 1.67 bits per heavy atom. The highest BCUT2D eigenvalue weighted by molar-refractivity contribution is 5.95. The predicted molar refractivity (Wildman–Crippen MR) is 52.1 cm³/mol. The Kier molecular flexibility index (Phi) is 3.13. The van der Waals surface area contributed by atoms with Crippen LogP contribution in [0.15, 0.2) is 12.1 Å². The van der Waals surface area contributed by atoms with Gasteiger partial charge in [0, 0.05) is 0 Å². The molecule has 0 radical (unpaired) electrons. The van der Waals surface area contributed by atoms with Gasteiger partial charge in [-0.3, -0.25) is 0 Å². The van der Waals surface area contributed by atoms with Crippen molar-refractivity contribution in [1.29, 1.82) is 0 Å². The van der Waals surface area contributed by atoms with Gasteiger partial charge >= 0.3 is 5.97 Å². The lowest BCUT2D eigenvalue weighted by molar-refractivity contribution is 0.0692. The Bertz CT molecular complexity index is 437. The van der Waals surface area contributed by atoms with Crippen molar-refractivity contribution in [2.24, 2.45) is 0 Å². The Labute approximate surface area is 85.5 Å². The van der Waals surface area contributed by atoms with Crippen molar-refractivity contribution in [2.45, 2.75) is 0 Å². The van der Waals surface area contributed by atoms with Gasteiger partial charge in [-0.05, 0) is 12.1 Å². The minimum Gasteiger partial charge on any atom is -0.479 e. The van der Waals surface area contributed by atoms with E-state index in [4.69, 9.17) is 22.0 Å². The van der Waals surface area contributed by atoms with Crippen LogP contribution in [0.5, 0.6) is 5.75 Å². The minimum absolute atomic E-state index is 0.0606. The Morgan fingerprint density at radius 2 is 2.33 bits per heavy atom. The summed E-state index contributed by atoms with van der Waals surface area (Å²) in [6.45, 7) is -0.0606. The molecule has 1 aromatic rings. The van der Waals surface area contributed by atoms with E-state index in [1.165, 1.54) is 6.07 Å². The quantitative estimate of drug-likeness (QED) is 0.578. The lowest BCUT2D eigenvalue weighted by Crippen LogP contribution is -2.08. The van der Waals surface area contributed by atoms with Gasteiger partial charge in [-0.2, -0.15) is 0 Å². The molecule has 0 atom stereocenters. The zero-order valence-electron chi connectivity index (χ0n) is 7.66. The molecular weight excluding hydrogens is 201 g/mol. The van der Waals surface area contributed by atoms with Crippen LogP contribution in [0.2, 0.25) is 0 Å². The number of hydrogen-bond donors (Lipinski definition) is 2. The normalized spacial score (nSPS) is 9.33. The summed E-state index contributed by atoms with van der Waals surface area (Å²) in [6, 6.07) is 2.19. The molecule has 0 bridgehead atoms. The van der Waals surface area contributed by atoms with Gasteiger partial charge in [0.15, 0.2) is 0 Å². The van der Waals surface area contributed by atoms with Crippen molar-refractivity contribution < 1.29 is 19.0 Å². The van der Waals surface area contributed by atoms with Crippen molar-refractivity contribution in [2.75, 3.05) is 12.3 Å². The van der Waals surface area contributed by atoms with Gasteiger partial charge in [0.25, 0.3) is 0 Å². The summed E-state index contributed by atoms with van der Waals surface area (Å²) in [5, 5.41) is 8.68. The molecule has 4 nitrogen and oxygen atoms in total. The summed E-state index contributed by atoms with van der Waals surface area (Å²) < 4.78 is 18.0. The van der Waals surface area contributed by atoms with Crippen LogP contribution in [0.3, 0.4) is 0 Å². The minimum atomic E-state index is -1.45. The molecule has 5 heteroatoms. The van der Waals surface area contributed by atoms with Gasteiger partial charge in [0.2, 0.25) is 0 Å². The van der Waals surface area contributed by atoms with Gasteiger partial charge in [-0.15, -0.1) is 6.42 Å². The van der Waals surface area contributed by atoms with E-state index in [0.29, 0.717) is 0 Å². The number of nitrogen functional groups attached to an aromatic ring is 1. The second kappa shape index (κ2) is 4.33. The zero-order chi connectivity index (χ0) is 11.4. The van der Waals surface area contributed by atoms with Crippen LogP contribution in [0, 0.1) is 18.2 Å². The third-order valence-corrected chi connectivity index (χ3v) is 1.68. The van der Waals surface area contributed by atoms with E-state index in [9.17, 15) is 9.18 Å². The summed E-state index contributed by atoms with van der Waals surface area (Å²) in [5.74, 6) is -0.108. The van der Waals surface area contributed by atoms with E-state index in [2.05, 4.69) is 5.92 Å². The number of aromatic carboxylic acids is 1. The lowest BCUT2D eigenvalue weighted by atomic mass is 10.1. The van der Waals surface area contributed by atoms with Crippen LogP contribution in [0.1, 0.15) is 10.4 Å². The number of rotatable bonds is 3. The maximum Gasteiger partial charge on any atom is 0.340 e. The van der Waals surface area contributed by atoms with Crippen LogP contribution < -0.4 is 10.5 Å². The van der Waals surface area contributed by atoms with E-state index in [1.54, 1.807) is 0 Å². The van der Waals surface area contributed by atoms with Crippen molar-refractivity contribution in [1.82, 2.24) is 0 Å². The van der Waals surface area contributed by atoms with Gasteiger partial charge in [0.05, 0.1) is 5.69 Å². The van der Waals surface area contributed by atoms with Gasteiger partial charge in [-0.1, -0.05) is 5.92 Å². The Hall–Kier alpha value is -2.22. The molecular formula is C10H8FNO3. The molecule has 3 N–H and O–H groups in total. The number of carbonyl (C=O) groups is 1. The summed E-state index contributed by atoms with van der Waals surface area (Å²) in [6.07, 6.45) is 4.95. The van der Waals surface area contributed by atoms with Crippen LogP contribution in [0.25, 0.3) is 0 Å². The number of anilines is 1. The summed E-state index contributed by atoms with van der Waals surface area (Å²) in [5.41, 5.74) is 4.54. The highest BCUT2D eigenvalue weighted by Gasteiger charge is 2.17. The fourth-order valence-electron chi connectivity index (χ4n) is 1.04. The zero-order valence-corrected chi connectivity index (χ0v) is 7.66. The van der Waals surface area contributed by atoms with E-state index in [1.807, 2.05) is 0 Å². The molecule has 0 saturated heterocycles. The monoisotopic (exact) mass is 209 g/mol. The smallest absolute Gasteiger partial charge is 0.340 e. The van der Waals surface area contributed by atoms with Crippen molar-refractivity contribution in [3.63, 3.8) is 0 Å². The van der Waals surface area contributed by atoms with E-state index in [0.717, 1.165) is 6.07 Å². The van der Waals surface area contributed by atoms with Crippen LogP contribution in [-0.4, -0.2) is 17.7 Å². The first-order valence-electron chi connectivity index (χ1n) is 3.95. The van der Waals surface area contributed by atoms with Crippen molar-refractivity contribution in [3.8, 4) is 18.1 Å². The second-order valence-electron chi connectivity index (χ2n) is 2.63. The molecule has 0 aliphatic heterocycles. The summed E-state index contributed by atoms with van der Waals surface area (Å²) in [4.78, 5) is 10.7. The number of nitrogens with two attached hydrogens (primary N) is 1. The molecule has 0 aliphatic carbocycles. The molecule has 0 saturated carbocycles. The maximum absolute atomic E-state index is 13.0. The van der Waals surface area contributed by atoms with E-state index >= 15 is 0 Å². The average Bonchev–Trinajstić information content (AvgIpc) is 2.16. The predicted octanol–water partition coefficient (Wildman–Crippen LogP) is 1.12. The first kappa shape index (κ1) is 10.9. The number of benzene rings is 1. The lowest BCUT2D eigenvalue weighted by Gasteiger charge is -2.08. The number of terminal acetylenes is 1. The Morgan fingerprint density at radius 3 is 2.87 bits per heavy atom. The largest absolute Gasteiger partial charge is 0.479 e. The van der Waals surface area contributed by atoms with Gasteiger partial charge in [0.1, 0.15) is 23.7 Å². The molecule has 78 valence electrons. The highest BCUT2D eigenvalue weighted by Crippen LogP contribution is 2.27. The number of carboxylic acids is 1. The molecule has 0 spiro atoms. The first-order valence-corrected chi connectivity index (χ1v) is 3.95. The fourth-order valence-corrected chi connectivity index (χ4v) is 1.04. The van der Waals surface area contributed by atoms with Gasteiger partial charge < -0.3 is 15.6 Å². The number of halogens is 1. The SMILES string of the molecule is C#CCOc1ccc(F)c(C(=O)O)c1N. The topological polar surface area (TPSA) is 72.5 Å². The van der Waals surface area contributed by atoms with Crippen molar-refractivity contribution in [3.05, 3.63) is 23.5 Å². The molecule has 0 aromatic heterocycles. The Balaban J connectivity index is 3.17. The second-order valence-corrected chi connectivity index (χ2v) is 2.63. The summed E-state index contributed by atoms with van der Waals surface area (Å²) in [7, 11) is 0.